The van der Waals surface area contributed by atoms with Gasteiger partial charge in [-0.1, -0.05) is 0 Å². The second kappa shape index (κ2) is 4.25. The van der Waals surface area contributed by atoms with Crippen molar-refractivity contribution in [3.63, 3.8) is 0 Å². The molecule has 4 heteroatoms. The number of aromatic hydroxyl groups is 1. The van der Waals surface area contributed by atoms with Crippen LogP contribution in [-0.2, 0) is 4.79 Å². The lowest BCUT2D eigenvalue weighted by molar-refractivity contribution is -0.115. The van der Waals surface area contributed by atoms with Gasteiger partial charge in [-0.3, -0.25) is 9.78 Å². The topological polar surface area (TPSA) is 62.2 Å². The average molecular weight is 178 g/mol. The quantitative estimate of drug-likeness (QED) is 0.650. The van der Waals surface area contributed by atoms with Gasteiger partial charge in [-0.05, 0) is 17.7 Å². The molecule has 13 heavy (non-hydrogen) atoms. The molecule has 0 bridgehead atoms. The van der Waals surface area contributed by atoms with Gasteiger partial charge in [-0.15, -0.1) is 0 Å². The zero-order valence-corrected chi connectivity index (χ0v) is 7.19. The molecule has 1 rings (SSSR count). The van der Waals surface area contributed by atoms with Crippen molar-refractivity contribution in [2.45, 2.75) is 0 Å². The summed E-state index contributed by atoms with van der Waals surface area (Å²) >= 11 is 0. The summed E-state index contributed by atoms with van der Waals surface area (Å²) in [6.45, 7) is 0. The van der Waals surface area contributed by atoms with Crippen LogP contribution >= 0.6 is 0 Å². The molecule has 0 aliphatic heterocycles. The normalized spacial score (nSPS) is 10.2. The molecule has 0 aliphatic carbocycles. The van der Waals surface area contributed by atoms with E-state index in [2.05, 4.69) is 10.3 Å². The van der Waals surface area contributed by atoms with Crippen molar-refractivity contribution < 1.29 is 9.90 Å². The SMILES string of the molecule is CNC(=O)/C=C/c1cncc(O)c1. The van der Waals surface area contributed by atoms with E-state index in [4.69, 9.17) is 5.11 Å². The Balaban J connectivity index is 2.74. The Kier molecular flexibility index (Phi) is 3.03. The van der Waals surface area contributed by atoms with Crippen LogP contribution in [0.5, 0.6) is 5.75 Å². The molecular formula is C9H10N2O2. The first-order valence-corrected chi connectivity index (χ1v) is 3.76. The molecule has 1 aromatic rings. The number of pyridine rings is 1. The van der Waals surface area contributed by atoms with Crippen LogP contribution in [0, 0.1) is 0 Å². The summed E-state index contributed by atoms with van der Waals surface area (Å²) in [4.78, 5) is 14.5. The summed E-state index contributed by atoms with van der Waals surface area (Å²) in [6.07, 6.45) is 5.83. The highest BCUT2D eigenvalue weighted by molar-refractivity contribution is 5.91. The van der Waals surface area contributed by atoms with E-state index in [0.717, 1.165) is 0 Å². The van der Waals surface area contributed by atoms with Gasteiger partial charge >= 0.3 is 0 Å². The minimum atomic E-state index is -0.191. The number of aromatic nitrogens is 1. The van der Waals surface area contributed by atoms with E-state index in [1.807, 2.05) is 0 Å². The summed E-state index contributed by atoms with van der Waals surface area (Å²) in [6, 6.07) is 1.52. The average Bonchev–Trinajstić information content (AvgIpc) is 2.14. The first-order chi connectivity index (χ1) is 6.22. The lowest BCUT2D eigenvalue weighted by Gasteiger charge is -1.93. The Morgan fingerprint density at radius 2 is 2.38 bits per heavy atom. The molecule has 4 nitrogen and oxygen atoms in total. The van der Waals surface area contributed by atoms with Crippen LogP contribution in [0.1, 0.15) is 5.56 Å². The van der Waals surface area contributed by atoms with E-state index in [-0.39, 0.29) is 11.7 Å². The highest BCUT2D eigenvalue weighted by Gasteiger charge is 1.92. The third kappa shape index (κ3) is 2.94. The monoisotopic (exact) mass is 178 g/mol. The van der Waals surface area contributed by atoms with Gasteiger partial charge in [0.05, 0.1) is 6.20 Å². The number of hydrogen-bond acceptors (Lipinski definition) is 3. The number of amides is 1. The van der Waals surface area contributed by atoms with E-state index in [1.165, 1.54) is 18.3 Å². The molecule has 0 fully saturated rings. The second-order valence-electron chi connectivity index (χ2n) is 2.42. The summed E-state index contributed by atoms with van der Waals surface area (Å²) in [5.74, 6) is -0.109. The molecule has 1 amide bonds. The Bertz CT molecular complexity index is 334. The van der Waals surface area contributed by atoms with E-state index in [0.29, 0.717) is 5.56 Å². The Morgan fingerprint density at radius 1 is 1.62 bits per heavy atom. The molecule has 1 aromatic heterocycles. The number of hydrogen-bond donors (Lipinski definition) is 2. The maximum atomic E-state index is 10.8. The number of carbonyl (C=O) groups is 1. The molecule has 0 aliphatic rings. The summed E-state index contributed by atoms with van der Waals surface area (Å²) in [5, 5.41) is 11.5. The zero-order valence-electron chi connectivity index (χ0n) is 7.19. The van der Waals surface area contributed by atoms with E-state index in [9.17, 15) is 4.79 Å². The maximum Gasteiger partial charge on any atom is 0.243 e. The highest BCUT2D eigenvalue weighted by atomic mass is 16.3. The molecule has 0 unspecified atom stereocenters. The van der Waals surface area contributed by atoms with Crippen LogP contribution in [0.15, 0.2) is 24.5 Å². The molecule has 68 valence electrons. The van der Waals surface area contributed by atoms with Gasteiger partial charge < -0.3 is 10.4 Å². The standard InChI is InChI=1S/C9H10N2O2/c1-10-9(13)3-2-7-4-8(12)6-11-5-7/h2-6,12H,1H3,(H,10,13)/b3-2+. The number of nitrogens with one attached hydrogen (secondary N) is 1. The second-order valence-corrected chi connectivity index (χ2v) is 2.42. The van der Waals surface area contributed by atoms with Crippen molar-refractivity contribution in [3.05, 3.63) is 30.1 Å². The van der Waals surface area contributed by atoms with Crippen molar-refractivity contribution in [2.75, 3.05) is 7.05 Å². The molecule has 0 saturated heterocycles. The molecule has 0 spiro atoms. The highest BCUT2D eigenvalue weighted by Crippen LogP contribution is 2.09. The first kappa shape index (κ1) is 9.25. The fourth-order valence-corrected chi connectivity index (χ4v) is 0.791. The lowest BCUT2D eigenvalue weighted by Crippen LogP contribution is -2.13. The Morgan fingerprint density at radius 3 is 3.00 bits per heavy atom. The molecule has 0 radical (unpaired) electrons. The predicted octanol–water partition coefficient (Wildman–Crippen LogP) is 0.546. The largest absolute Gasteiger partial charge is 0.506 e. The number of rotatable bonds is 2. The van der Waals surface area contributed by atoms with Crippen molar-refractivity contribution in [1.82, 2.24) is 10.3 Å². The van der Waals surface area contributed by atoms with Gasteiger partial charge in [0, 0.05) is 19.3 Å². The summed E-state index contributed by atoms with van der Waals surface area (Å²) in [5.41, 5.74) is 0.684. The maximum absolute atomic E-state index is 10.8. The molecular weight excluding hydrogens is 168 g/mol. The van der Waals surface area contributed by atoms with Crippen LogP contribution in [0.3, 0.4) is 0 Å². The van der Waals surface area contributed by atoms with E-state index >= 15 is 0 Å². The van der Waals surface area contributed by atoms with Gasteiger partial charge in [0.25, 0.3) is 0 Å². The van der Waals surface area contributed by atoms with Crippen LogP contribution in [0.2, 0.25) is 0 Å². The van der Waals surface area contributed by atoms with Crippen molar-refractivity contribution in [3.8, 4) is 5.75 Å². The van der Waals surface area contributed by atoms with Crippen LogP contribution in [-0.4, -0.2) is 23.0 Å². The predicted molar refractivity (Wildman–Crippen MR) is 49.0 cm³/mol. The lowest BCUT2D eigenvalue weighted by atomic mass is 10.2. The minimum Gasteiger partial charge on any atom is -0.506 e. The van der Waals surface area contributed by atoms with Gasteiger partial charge in [0.15, 0.2) is 0 Å². The number of likely N-dealkylation sites (N-methyl/N-ethyl adjacent to an activating group) is 1. The van der Waals surface area contributed by atoms with Crippen LogP contribution in [0.4, 0.5) is 0 Å². The molecule has 0 atom stereocenters. The van der Waals surface area contributed by atoms with Gasteiger partial charge in [-0.25, -0.2) is 0 Å². The van der Waals surface area contributed by atoms with Crippen molar-refractivity contribution >= 4 is 12.0 Å². The molecule has 0 aromatic carbocycles. The van der Waals surface area contributed by atoms with Crippen molar-refractivity contribution in [2.24, 2.45) is 0 Å². The molecule has 1 heterocycles. The van der Waals surface area contributed by atoms with Gasteiger partial charge in [0.2, 0.25) is 5.91 Å². The van der Waals surface area contributed by atoms with Crippen LogP contribution in [0.25, 0.3) is 6.08 Å². The number of carbonyl (C=O) groups excluding carboxylic acids is 1. The van der Waals surface area contributed by atoms with Crippen LogP contribution < -0.4 is 5.32 Å². The molecule has 0 saturated carbocycles. The minimum absolute atomic E-state index is 0.0825. The first-order valence-electron chi connectivity index (χ1n) is 3.76. The zero-order chi connectivity index (χ0) is 9.68. The number of nitrogens with zero attached hydrogens (tertiary/aromatic N) is 1. The Labute approximate surface area is 75.9 Å². The fourth-order valence-electron chi connectivity index (χ4n) is 0.791. The van der Waals surface area contributed by atoms with E-state index in [1.54, 1.807) is 19.3 Å². The Hall–Kier alpha value is -1.84. The van der Waals surface area contributed by atoms with Crippen molar-refractivity contribution in [1.29, 1.82) is 0 Å². The third-order valence-corrected chi connectivity index (χ3v) is 1.42. The summed E-state index contributed by atoms with van der Waals surface area (Å²) < 4.78 is 0. The smallest absolute Gasteiger partial charge is 0.243 e. The third-order valence-electron chi connectivity index (χ3n) is 1.42. The van der Waals surface area contributed by atoms with E-state index < -0.39 is 0 Å². The fraction of sp³-hybridized carbons (Fsp3) is 0.111. The van der Waals surface area contributed by atoms with Gasteiger partial charge in [-0.2, -0.15) is 0 Å². The molecule has 2 N–H and O–H groups in total. The summed E-state index contributed by atoms with van der Waals surface area (Å²) in [7, 11) is 1.55. The van der Waals surface area contributed by atoms with Gasteiger partial charge in [0.1, 0.15) is 5.75 Å².